The lowest BCUT2D eigenvalue weighted by molar-refractivity contribution is 0.342. The maximum absolute atomic E-state index is 6.05. The third-order valence-electron chi connectivity index (χ3n) is 6.89. The van der Waals surface area contributed by atoms with Gasteiger partial charge in [-0.05, 0) is 62.4 Å². The van der Waals surface area contributed by atoms with Crippen molar-refractivity contribution >= 4 is 34.6 Å². The minimum Gasteiger partial charge on any atom is -0.492 e. The molecule has 0 radical (unpaired) electrons. The average Bonchev–Trinajstić information content (AvgIpc) is 3.62. The molecule has 0 saturated heterocycles. The van der Waals surface area contributed by atoms with E-state index >= 15 is 0 Å². The van der Waals surface area contributed by atoms with Crippen molar-refractivity contribution in [1.29, 1.82) is 0 Å². The molecule has 8 nitrogen and oxygen atoms in total. The quantitative estimate of drug-likeness (QED) is 0.274. The number of para-hydroxylation sites is 5. The number of rotatable bonds is 5. The van der Waals surface area contributed by atoms with Crippen LogP contribution in [0, 0.1) is 6.92 Å². The van der Waals surface area contributed by atoms with Gasteiger partial charge in [0.1, 0.15) is 17.6 Å². The molecule has 5 aromatic rings. The van der Waals surface area contributed by atoms with Crippen LogP contribution in [0.1, 0.15) is 30.0 Å². The summed E-state index contributed by atoms with van der Waals surface area (Å²) in [7, 11) is 0. The fourth-order valence-electron chi connectivity index (χ4n) is 5.24. The number of nitrogens with zero attached hydrogens (tertiary/aromatic N) is 5. The summed E-state index contributed by atoms with van der Waals surface area (Å²) in [5.41, 5.74) is 5.40. The van der Waals surface area contributed by atoms with E-state index in [1.807, 2.05) is 103 Å². The zero-order valence-corrected chi connectivity index (χ0v) is 21.6. The Morgan fingerprint density at radius 2 is 1.69 bits per heavy atom. The van der Waals surface area contributed by atoms with E-state index in [0.29, 0.717) is 18.3 Å². The Bertz CT molecular complexity index is 1720. The fourth-order valence-corrected chi connectivity index (χ4v) is 5.24. The molecule has 192 valence electrons. The van der Waals surface area contributed by atoms with Gasteiger partial charge < -0.3 is 19.4 Å². The van der Waals surface area contributed by atoms with E-state index in [-0.39, 0.29) is 6.04 Å². The minimum atomic E-state index is -0.296. The van der Waals surface area contributed by atoms with Crippen LogP contribution in [-0.4, -0.2) is 28.1 Å². The van der Waals surface area contributed by atoms with Crippen molar-refractivity contribution in [3.05, 3.63) is 114 Å². The van der Waals surface area contributed by atoms with Gasteiger partial charge in [-0.25, -0.2) is 14.7 Å². The molecule has 2 aliphatic rings. The standard InChI is InChI=1S/C31H26N6O2/c1-3-38-25-17-10-8-15-23(25)33-29-31-34-30-27(20(2)35-37(30)21-12-5-4-6-13-21)28(26-18-11-19-39-26)36(31)24-16-9-7-14-22(24)32-29/h4-19,28H,3H2,1-2H3,(H,32,33). The second kappa shape index (κ2) is 9.33. The number of fused-ring (bicyclic) bond motifs is 4. The lowest BCUT2D eigenvalue weighted by Crippen LogP contribution is -2.46. The lowest BCUT2D eigenvalue weighted by Gasteiger charge is -2.39. The molecule has 1 N–H and O–H groups in total. The molecule has 0 saturated carbocycles. The predicted octanol–water partition coefficient (Wildman–Crippen LogP) is 6.97. The largest absolute Gasteiger partial charge is 0.492 e. The summed E-state index contributed by atoms with van der Waals surface area (Å²) in [6, 6.07) is 29.6. The third kappa shape index (κ3) is 3.80. The van der Waals surface area contributed by atoms with Crippen LogP contribution in [-0.2, 0) is 0 Å². The van der Waals surface area contributed by atoms with Crippen molar-refractivity contribution in [2.45, 2.75) is 19.9 Å². The highest BCUT2D eigenvalue weighted by Crippen LogP contribution is 2.48. The smallest absolute Gasteiger partial charge is 0.179 e. The maximum Gasteiger partial charge on any atom is 0.179 e. The number of hydrogen-bond donors (Lipinski definition) is 1. The molecule has 0 amide bonds. The summed E-state index contributed by atoms with van der Waals surface area (Å²) in [6.45, 7) is 4.55. The topological polar surface area (TPSA) is 80.2 Å². The van der Waals surface area contributed by atoms with E-state index in [1.165, 1.54) is 0 Å². The van der Waals surface area contributed by atoms with Crippen LogP contribution < -0.4 is 15.0 Å². The van der Waals surface area contributed by atoms with Gasteiger partial charge in [-0.3, -0.25) is 0 Å². The Labute approximate surface area is 225 Å². The number of anilines is 2. The molecule has 8 heteroatoms. The molecule has 0 fully saturated rings. The molecular formula is C31H26N6O2. The van der Waals surface area contributed by atoms with Gasteiger partial charge in [0.05, 0.1) is 46.9 Å². The SMILES string of the molecule is CCOc1ccccc1NC1=Nc2ccccc2N2C1=Nc1c(c(C)nn1-c1ccccc1)C2c1ccco1. The van der Waals surface area contributed by atoms with Crippen LogP contribution in [0.5, 0.6) is 5.75 Å². The number of aliphatic imine (C=N–C) groups is 2. The van der Waals surface area contributed by atoms with Gasteiger partial charge in [0.2, 0.25) is 0 Å². The third-order valence-corrected chi connectivity index (χ3v) is 6.89. The number of aromatic nitrogens is 2. The van der Waals surface area contributed by atoms with Gasteiger partial charge in [-0.2, -0.15) is 5.10 Å². The van der Waals surface area contributed by atoms with Crippen LogP contribution in [0.2, 0.25) is 0 Å². The van der Waals surface area contributed by atoms with Gasteiger partial charge >= 0.3 is 0 Å². The molecule has 1 atom stereocenters. The second-order valence-electron chi connectivity index (χ2n) is 9.30. The molecule has 7 rings (SSSR count). The van der Waals surface area contributed by atoms with Gasteiger partial charge in [0.25, 0.3) is 0 Å². The van der Waals surface area contributed by atoms with Gasteiger partial charge in [-0.15, -0.1) is 0 Å². The van der Waals surface area contributed by atoms with E-state index in [0.717, 1.165) is 51.3 Å². The van der Waals surface area contributed by atoms with Crippen LogP contribution in [0.4, 0.5) is 22.9 Å². The van der Waals surface area contributed by atoms with E-state index in [4.69, 9.17) is 24.2 Å². The van der Waals surface area contributed by atoms with Crippen LogP contribution in [0.3, 0.4) is 0 Å². The molecule has 3 aromatic carbocycles. The molecular weight excluding hydrogens is 488 g/mol. The zero-order chi connectivity index (χ0) is 26.3. The normalized spacial score (nSPS) is 15.5. The highest BCUT2D eigenvalue weighted by Gasteiger charge is 2.42. The first-order valence-electron chi connectivity index (χ1n) is 13.0. The Balaban J connectivity index is 1.47. The number of furan rings is 1. The summed E-state index contributed by atoms with van der Waals surface area (Å²) in [4.78, 5) is 12.5. The van der Waals surface area contributed by atoms with Gasteiger partial charge in [0.15, 0.2) is 17.5 Å². The molecule has 2 aromatic heterocycles. The highest BCUT2D eigenvalue weighted by atomic mass is 16.5. The molecule has 4 heterocycles. The van der Waals surface area contributed by atoms with Crippen molar-refractivity contribution < 1.29 is 9.15 Å². The number of hydrogen-bond acceptors (Lipinski definition) is 7. The number of ether oxygens (including phenoxy) is 1. The van der Waals surface area contributed by atoms with Gasteiger partial charge in [-0.1, -0.05) is 42.5 Å². The first kappa shape index (κ1) is 23.0. The van der Waals surface area contributed by atoms with Crippen LogP contribution in [0.25, 0.3) is 5.69 Å². The zero-order valence-electron chi connectivity index (χ0n) is 21.6. The van der Waals surface area contributed by atoms with Crippen molar-refractivity contribution in [2.24, 2.45) is 9.98 Å². The average molecular weight is 515 g/mol. The van der Waals surface area contributed by atoms with Crippen LogP contribution >= 0.6 is 0 Å². The molecule has 1 unspecified atom stereocenters. The van der Waals surface area contributed by atoms with Crippen molar-refractivity contribution in [3.63, 3.8) is 0 Å². The Kier molecular flexibility index (Phi) is 5.51. The molecule has 2 aliphatic heterocycles. The molecule has 0 aliphatic carbocycles. The summed E-state index contributed by atoms with van der Waals surface area (Å²) in [6.07, 6.45) is 1.71. The van der Waals surface area contributed by atoms with Crippen molar-refractivity contribution in [2.75, 3.05) is 16.8 Å². The number of benzene rings is 3. The van der Waals surface area contributed by atoms with Gasteiger partial charge in [0, 0.05) is 0 Å². The van der Waals surface area contributed by atoms with Crippen molar-refractivity contribution in [3.8, 4) is 11.4 Å². The predicted molar refractivity (Wildman–Crippen MR) is 153 cm³/mol. The summed E-state index contributed by atoms with van der Waals surface area (Å²) < 4.78 is 13.9. The monoisotopic (exact) mass is 514 g/mol. The number of nitrogens with one attached hydrogen (secondary N) is 1. The first-order chi connectivity index (χ1) is 19.2. The first-order valence-corrected chi connectivity index (χ1v) is 13.0. The number of amidine groups is 2. The van der Waals surface area contributed by atoms with Crippen LogP contribution in [0.15, 0.2) is 112 Å². The van der Waals surface area contributed by atoms with Crippen molar-refractivity contribution in [1.82, 2.24) is 9.78 Å². The lowest BCUT2D eigenvalue weighted by atomic mass is 9.98. The Morgan fingerprint density at radius 1 is 0.897 bits per heavy atom. The van der Waals surface area contributed by atoms with E-state index < -0.39 is 0 Å². The summed E-state index contributed by atoms with van der Waals surface area (Å²) >= 11 is 0. The Morgan fingerprint density at radius 3 is 2.51 bits per heavy atom. The highest BCUT2D eigenvalue weighted by molar-refractivity contribution is 6.51. The fraction of sp³-hybridized carbons (Fsp3) is 0.129. The maximum atomic E-state index is 6.05. The van der Waals surface area contributed by atoms with E-state index in [9.17, 15) is 0 Å². The molecule has 39 heavy (non-hydrogen) atoms. The van der Waals surface area contributed by atoms with E-state index in [2.05, 4.69) is 16.3 Å². The molecule has 0 spiro atoms. The summed E-state index contributed by atoms with van der Waals surface area (Å²) in [5, 5.41) is 8.47. The minimum absolute atomic E-state index is 0.296. The summed E-state index contributed by atoms with van der Waals surface area (Å²) in [5.74, 6) is 3.58. The number of aryl methyl sites for hydroxylation is 1. The second-order valence-corrected chi connectivity index (χ2v) is 9.30. The Hall–Kier alpha value is -5.11. The van der Waals surface area contributed by atoms with E-state index in [1.54, 1.807) is 6.26 Å². The molecule has 0 bridgehead atoms.